The number of carbonyl (C=O) groups is 1. The maximum atomic E-state index is 12.2. The molecule has 1 amide bonds. The zero-order chi connectivity index (χ0) is 15.9. The molecule has 0 spiro atoms. The molecule has 114 valence electrons. The van der Waals surface area contributed by atoms with Crippen molar-refractivity contribution in [2.45, 2.75) is 19.8 Å². The van der Waals surface area contributed by atoms with Crippen molar-refractivity contribution in [3.05, 3.63) is 72.3 Å². The van der Waals surface area contributed by atoms with Crippen molar-refractivity contribution >= 4 is 11.6 Å². The summed E-state index contributed by atoms with van der Waals surface area (Å²) < 4.78 is 5.39. The fourth-order valence-corrected chi connectivity index (χ4v) is 2.01. The van der Waals surface area contributed by atoms with Crippen LogP contribution in [0.2, 0.25) is 0 Å². The Hall–Kier alpha value is -2.55. The number of rotatable bonds is 6. The quantitative estimate of drug-likeness (QED) is 0.789. The highest BCUT2D eigenvalue weighted by Crippen LogP contribution is 2.18. The van der Waals surface area contributed by atoms with E-state index in [1.807, 2.05) is 24.3 Å². The molecule has 0 atom stereocenters. The molecule has 0 saturated heterocycles. The maximum absolute atomic E-state index is 12.2. The Morgan fingerprint density at radius 1 is 1.14 bits per heavy atom. The minimum absolute atomic E-state index is 0.132. The lowest BCUT2D eigenvalue weighted by Crippen LogP contribution is -2.11. The number of amides is 1. The largest absolute Gasteiger partial charge is 0.490 e. The van der Waals surface area contributed by atoms with Crippen LogP contribution < -0.4 is 10.1 Å². The van der Waals surface area contributed by atoms with Crippen LogP contribution in [0.4, 0.5) is 5.69 Å². The molecule has 0 radical (unpaired) electrons. The van der Waals surface area contributed by atoms with Crippen LogP contribution in [0.5, 0.6) is 5.75 Å². The van der Waals surface area contributed by atoms with Gasteiger partial charge < -0.3 is 10.1 Å². The lowest BCUT2D eigenvalue weighted by atomic mass is 10.0. The van der Waals surface area contributed by atoms with E-state index in [1.54, 1.807) is 30.3 Å². The minimum Gasteiger partial charge on any atom is -0.490 e. The zero-order valence-corrected chi connectivity index (χ0v) is 13.0. The summed E-state index contributed by atoms with van der Waals surface area (Å²) in [5, 5.41) is 2.89. The second-order valence-corrected chi connectivity index (χ2v) is 5.35. The Morgan fingerprint density at radius 3 is 2.32 bits per heavy atom. The molecule has 0 aliphatic rings. The van der Waals surface area contributed by atoms with Crippen molar-refractivity contribution in [2.75, 3.05) is 11.9 Å². The molecule has 22 heavy (non-hydrogen) atoms. The molecular weight excluding hydrogens is 274 g/mol. The van der Waals surface area contributed by atoms with Crippen LogP contribution in [0, 0.1) is 0 Å². The first-order chi connectivity index (χ1) is 10.6. The van der Waals surface area contributed by atoms with Crippen LogP contribution in [-0.4, -0.2) is 12.5 Å². The van der Waals surface area contributed by atoms with Gasteiger partial charge in [0.25, 0.3) is 5.91 Å². The average Bonchev–Trinajstić information content (AvgIpc) is 2.54. The molecule has 0 saturated carbocycles. The molecule has 0 aromatic heterocycles. The molecule has 0 fully saturated rings. The number of ether oxygens (including phenoxy) is 1. The highest BCUT2D eigenvalue weighted by Gasteiger charge is 2.07. The van der Waals surface area contributed by atoms with Gasteiger partial charge in [-0.15, -0.1) is 0 Å². The minimum atomic E-state index is -0.132. The Labute approximate surface area is 131 Å². The van der Waals surface area contributed by atoms with Crippen LogP contribution in [-0.2, 0) is 0 Å². The van der Waals surface area contributed by atoms with Gasteiger partial charge in [-0.05, 0) is 47.9 Å². The third kappa shape index (κ3) is 4.22. The van der Waals surface area contributed by atoms with Crippen molar-refractivity contribution in [1.82, 2.24) is 0 Å². The number of benzene rings is 2. The van der Waals surface area contributed by atoms with E-state index in [4.69, 9.17) is 4.74 Å². The van der Waals surface area contributed by atoms with E-state index >= 15 is 0 Å². The molecule has 3 nitrogen and oxygen atoms in total. The summed E-state index contributed by atoms with van der Waals surface area (Å²) in [5.41, 5.74) is 2.64. The second kappa shape index (κ2) is 7.46. The first-order valence-corrected chi connectivity index (χ1v) is 7.35. The summed E-state index contributed by atoms with van der Waals surface area (Å²) in [7, 11) is 0. The van der Waals surface area contributed by atoms with Crippen LogP contribution in [0.15, 0.2) is 61.2 Å². The first kappa shape index (κ1) is 15.8. The summed E-state index contributed by atoms with van der Waals surface area (Å²) in [5.74, 6) is 1.07. The Balaban J connectivity index is 2.00. The van der Waals surface area contributed by atoms with E-state index in [0.717, 1.165) is 11.4 Å². The third-order valence-corrected chi connectivity index (χ3v) is 3.32. The molecule has 2 aromatic rings. The van der Waals surface area contributed by atoms with Crippen LogP contribution in [0.25, 0.3) is 0 Å². The third-order valence-electron chi connectivity index (χ3n) is 3.32. The van der Waals surface area contributed by atoms with Gasteiger partial charge in [-0.3, -0.25) is 4.79 Å². The van der Waals surface area contributed by atoms with Gasteiger partial charge in [0, 0.05) is 11.3 Å². The van der Waals surface area contributed by atoms with Crippen LogP contribution in [0.3, 0.4) is 0 Å². The van der Waals surface area contributed by atoms with E-state index in [9.17, 15) is 4.79 Å². The fraction of sp³-hybridized carbons (Fsp3) is 0.211. The molecule has 0 heterocycles. The highest BCUT2D eigenvalue weighted by atomic mass is 16.5. The maximum Gasteiger partial charge on any atom is 0.255 e. The normalized spacial score (nSPS) is 10.3. The molecule has 1 N–H and O–H groups in total. The molecule has 2 rings (SSSR count). The van der Waals surface area contributed by atoms with Crippen molar-refractivity contribution in [1.29, 1.82) is 0 Å². The van der Waals surface area contributed by atoms with Gasteiger partial charge in [0.2, 0.25) is 0 Å². The summed E-state index contributed by atoms with van der Waals surface area (Å²) in [6.07, 6.45) is 1.68. The van der Waals surface area contributed by atoms with Crippen molar-refractivity contribution in [2.24, 2.45) is 0 Å². The van der Waals surface area contributed by atoms with Gasteiger partial charge in [-0.2, -0.15) is 0 Å². The SMILES string of the molecule is C=CCOc1ccc(C(=O)Nc2ccc(C(C)C)cc2)cc1. The van der Waals surface area contributed by atoms with Crippen molar-refractivity contribution in [3.63, 3.8) is 0 Å². The van der Waals surface area contributed by atoms with Gasteiger partial charge >= 0.3 is 0 Å². The number of nitrogens with one attached hydrogen (secondary N) is 1. The van der Waals surface area contributed by atoms with Crippen molar-refractivity contribution < 1.29 is 9.53 Å². The summed E-state index contributed by atoms with van der Waals surface area (Å²) in [6.45, 7) is 8.33. The van der Waals surface area contributed by atoms with Crippen molar-refractivity contribution in [3.8, 4) is 5.75 Å². The molecule has 0 aliphatic heterocycles. The smallest absolute Gasteiger partial charge is 0.255 e. The van der Waals surface area contributed by atoms with Gasteiger partial charge in [0.1, 0.15) is 12.4 Å². The monoisotopic (exact) mass is 295 g/mol. The number of anilines is 1. The molecule has 2 aromatic carbocycles. The number of carbonyl (C=O) groups excluding carboxylic acids is 1. The molecule has 0 unspecified atom stereocenters. The van der Waals surface area contributed by atoms with Gasteiger partial charge in [-0.1, -0.05) is 38.6 Å². The van der Waals surface area contributed by atoms with Crippen LogP contribution in [0.1, 0.15) is 35.7 Å². The van der Waals surface area contributed by atoms with Gasteiger partial charge in [0.15, 0.2) is 0 Å². The summed E-state index contributed by atoms with van der Waals surface area (Å²) >= 11 is 0. The predicted octanol–water partition coefficient (Wildman–Crippen LogP) is 4.63. The zero-order valence-electron chi connectivity index (χ0n) is 13.0. The standard InChI is InChI=1S/C19H21NO2/c1-4-13-22-18-11-7-16(8-12-18)19(21)20-17-9-5-15(6-10-17)14(2)3/h4-12,14H,1,13H2,2-3H3,(H,20,21). The molecule has 3 heteroatoms. The highest BCUT2D eigenvalue weighted by molar-refractivity contribution is 6.04. The van der Waals surface area contributed by atoms with Crippen LogP contribution >= 0.6 is 0 Å². The second-order valence-electron chi connectivity index (χ2n) is 5.35. The number of hydrogen-bond acceptors (Lipinski definition) is 2. The first-order valence-electron chi connectivity index (χ1n) is 7.35. The summed E-state index contributed by atoms with van der Waals surface area (Å²) in [4.78, 5) is 12.2. The Kier molecular flexibility index (Phi) is 5.37. The predicted molar refractivity (Wildman–Crippen MR) is 90.6 cm³/mol. The topological polar surface area (TPSA) is 38.3 Å². The van der Waals surface area contributed by atoms with E-state index in [0.29, 0.717) is 18.1 Å². The van der Waals surface area contributed by atoms with E-state index in [2.05, 4.69) is 25.7 Å². The number of hydrogen-bond donors (Lipinski definition) is 1. The Bertz CT molecular complexity index is 627. The van der Waals surface area contributed by atoms with Gasteiger partial charge in [-0.25, -0.2) is 0 Å². The lowest BCUT2D eigenvalue weighted by Gasteiger charge is -2.09. The lowest BCUT2D eigenvalue weighted by molar-refractivity contribution is 0.102. The van der Waals surface area contributed by atoms with E-state index in [1.165, 1.54) is 5.56 Å². The molecular formula is C19H21NO2. The van der Waals surface area contributed by atoms with E-state index in [-0.39, 0.29) is 5.91 Å². The summed E-state index contributed by atoms with van der Waals surface area (Å²) in [6, 6.07) is 15.0. The van der Waals surface area contributed by atoms with E-state index < -0.39 is 0 Å². The molecule has 0 aliphatic carbocycles. The molecule has 0 bridgehead atoms. The van der Waals surface area contributed by atoms with Gasteiger partial charge in [0.05, 0.1) is 0 Å². The fourth-order valence-electron chi connectivity index (χ4n) is 2.01. The average molecular weight is 295 g/mol. The Morgan fingerprint density at radius 2 is 1.77 bits per heavy atom.